The molecule has 3 aromatic carbocycles. The summed E-state index contributed by atoms with van der Waals surface area (Å²) < 4.78 is 0. The number of hydrogen-bond acceptors (Lipinski definition) is 4. The van der Waals surface area contributed by atoms with E-state index in [0.29, 0.717) is 27.6 Å². The summed E-state index contributed by atoms with van der Waals surface area (Å²) in [6, 6.07) is 25.8. The first-order chi connectivity index (χ1) is 15.7. The monoisotopic (exact) mass is 438 g/mol. The molecule has 156 valence electrons. The Morgan fingerprint density at radius 1 is 0.781 bits per heavy atom. The number of aromatic amines is 1. The zero-order valence-electron chi connectivity index (χ0n) is 16.8. The van der Waals surface area contributed by atoms with Crippen molar-refractivity contribution in [3.63, 3.8) is 0 Å². The summed E-state index contributed by atoms with van der Waals surface area (Å²) in [6.07, 6.45) is 0. The second-order valence-corrected chi connectivity index (χ2v) is 8.09. The first-order valence-electron chi connectivity index (χ1n) is 9.97. The highest BCUT2D eigenvalue weighted by atomic mass is 32.1. The Morgan fingerprint density at radius 3 is 2.28 bits per heavy atom. The molecule has 2 aromatic heterocycles. The maximum Gasteiger partial charge on any atom is 0.265 e. The molecule has 6 nitrogen and oxygen atoms in total. The summed E-state index contributed by atoms with van der Waals surface area (Å²) in [5.41, 5.74) is 4.52. The number of thiophene rings is 1. The fourth-order valence-corrected chi connectivity index (χ4v) is 3.95. The van der Waals surface area contributed by atoms with Crippen LogP contribution in [0.1, 0.15) is 20.0 Å². The van der Waals surface area contributed by atoms with Crippen LogP contribution in [0.5, 0.6) is 0 Å². The van der Waals surface area contributed by atoms with Crippen LogP contribution in [0.15, 0.2) is 90.3 Å². The molecule has 3 N–H and O–H groups in total. The SMILES string of the molecule is O=C(Nc1ccc2nc(-c3ccc(NC(=O)c4cccs4)cc3)[nH]c2c1)c1ccccc1. The average molecular weight is 439 g/mol. The zero-order valence-corrected chi connectivity index (χ0v) is 17.6. The minimum atomic E-state index is -0.162. The smallest absolute Gasteiger partial charge is 0.265 e. The number of H-pyrrole nitrogens is 1. The van der Waals surface area contributed by atoms with E-state index in [1.165, 1.54) is 11.3 Å². The van der Waals surface area contributed by atoms with Crippen LogP contribution in [0.4, 0.5) is 11.4 Å². The molecular weight excluding hydrogens is 420 g/mol. The second kappa shape index (κ2) is 8.49. The van der Waals surface area contributed by atoms with Gasteiger partial charge < -0.3 is 15.6 Å². The van der Waals surface area contributed by atoms with Gasteiger partial charge in [0.05, 0.1) is 15.9 Å². The van der Waals surface area contributed by atoms with Crippen LogP contribution in [0.2, 0.25) is 0 Å². The molecule has 5 rings (SSSR count). The number of nitrogens with zero attached hydrogens (tertiary/aromatic N) is 1. The van der Waals surface area contributed by atoms with Crippen molar-refractivity contribution in [3.8, 4) is 11.4 Å². The van der Waals surface area contributed by atoms with Gasteiger partial charge in [0.15, 0.2) is 0 Å². The highest BCUT2D eigenvalue weighted by molar-refractivity contribution is 7.12. The van der Waals surface area contributed by atoms with Crippen LogP contribution in [0, 0.1) is 0 Å². The van der Waals surface area contributed by atoms with Crippen molar-refractivity contribution in [3.05, 3.63) is 101 Å². The van der Waals surface area contributed by atoms with Gasteiger partial charge in [-0.1, -0.05) is 24.3 Å². The molecular formula is C25H18N4O2S. The molecule has 5 aromatic rings. The standard InChI is InChI=1S/C25H18N4O2S/c30-24(17-5-2-1-3-6-17)27-19-12-13-20-21(15-19)29-23(28-20)16-8-10-18(11-9-16)26-25(31)22-7-4-14-32-22/h1-15H,(H,26,31)(H,27,30)(H,28,29). The van der Waals surface area contributed by atoms with E-state index in [-0.39, 0.29) is 11.8 Å². The van der Waals surface area contributed by atoms with Gasteiger partial charge in [-0.05, 0) is 66.0 Å². The van der Waals surface area contributed by atoms with E-state index in [2.05, 4.69) is 20.6 Å². The van der Waals surface area contributed by atoms with E-state index in [1.807, 2.05) is 72.1 Å². The number of carbonyl (C=O) groups is 2. The molecule has 0 bridgehead atoms. The summed E-state index contributed by atoms with van der Waals surface area (Å²) in [4.78, 5) is 33.2. The number of hydrogen-bond donors (Lipinski definition) is 3. The normalized spacial score (nSPS) is 10.8. The maximum atomic E-state index is 12.4. The quantitative estimate of drug-likeness (QED) is 0.324. The number of nitrogens with one attached hydrogen (secondary N) is 3. The Balaban J connectivity index is 1.32. The van der Waals surface area contributed by atoms with E-state index >= 15 is 0 Å². The Morgan fingerprint density at radius 2 is 1.53 bits per heavy atom. The molecule has 0 aliphatic heterocycles. The van der Waals surface area contributed by atoms with Crippen molar-refractivity contribution in [1.82, 2.24) is 9.97 Å². The molecule has 0 aliphatic carbocycles. The minimum Gasteiger partial charge on any atom is -0.338 e. The van der Waals surface area contributed by atoms with Crippen molar-refractivity contribution in [2.24, 2.45) is 0 Å². The third-order valence-corrected chi connectivity index (χ3v) is 5.81. The lowest BCUT2D eigenvalue weighted by molar-refractivity contribution is 0.102. The lowest BCUT2D eigenvalue weighted by Crippen LogP contribution is -2.11. The van der Waals surface area contributed by atoms with Crippen LogP contribution in [-0.2, 0) is 0 Å². The van der Waals surface area contributed by atoms with Crippen molar-refractivity contribution in [2.45, 2.75) is 0 Å². The number of amides is 2. The van der Waals surface area contributed by atoms with Gasteiger partial charge in [0, 0.05) is 22.5 Å². The Hall–Kier alpha value is -4.23. The summed E-state index contributed by atoms with van der Waals surface area (Å²) in [7, 11) is 0. The number of aromatic nitrogens is 2. The fourth-order valence-electron chi connectivity index (χ4n) is 3.33. The number of benzene rings is 3. The number of fused-ring (bicyclic) bond motifs is 1. The lowest BCUT2D eigenvalue weighted by atomic mass is 10.2. The van der Waals surface area contributed by atoms with Crippen LogP contribution >= 0.6 is 11.3 Å². The largest absolute Gasteiger partial charge is 0.338 e. The summed E-state index contributed by atoms with van der Waals surface area (Å²) >= 11 is 1.40. The maximum absolute atomic E-state index is 12.4. The molecule has 0 unspecified atom stereocenters. The van der Waals surface area contributed by atoms with Crippen LogP contribution in [-0.4, -0.2) is 21.8 Å². The predicted octanol–water partition coefficient (Wildman–Crippen LogP) is 5.80. The Kier molecular flexibility index (Phi) is 5.23. The number of anilines is 2. The van der Waals surface area contributed by atoms with Gasteiger partial charge in [0.25, 0.3) is 11.8 Å². The third-order valence-electron chi connectivity index (χ3n) is 4.94. The topological polar surface area (TPSA) is 86.9 Å². The number of carbonyl (C=O) groups excluding carboxylic acids is 2. The van der Waals surface area contributed by atoms with Crippen molar-refractivity contribution >= 4 is 45.6 Å². The van der Waals surface area contributed by atoms with Crippen molar-refractivity contribution < 1.29 is 9.59 Å². The molecule has 0 aliphatic rings. The van der Waals surface area contributed by atoms with Gasteiger partial charge in [0.1, 0.15) is 5.82 Å². The molecule has 0 fully saturated rings. The highest BCUT2D eigenvalue weighted by Crippen LogP contribution is 2.25. The first-order valence-corrected chi connectivity index (χ1v) is 10.9. The van der Waals surface area contributed by atoms with Crippen molar-refractivity contribution in [2.75, 3.05) is 10.6 Å². The van der Waals surface area contributed by atoms with E-state index in [1.54, 1.807) is 18.2 Å². The van der Waals surface area contributed by atoms with Gasteiger partial charge in [0.2, 0.25) is 0 Å². The average Bonchev–Trinajstić information content (AvgIpc) is 3.50. The van der Waals surface area contributed by atoms with E-state index in [9.17, 15) is 9.59 Å². The second-order valence-electron chi connectivity index (χ2n) is 7.15. The molecule has 2 heterocycles. The van der Waals surface area contributed by atoms with Crippen molar-refractivity contribution in [1.29, 1.82) is 0 Å². The van der Waals surface area contributed by atoms with Gasteiger partial charge in [-0.15, -0.1) is 11.3 Å². The molecule has 7 heteroatoms. The molecule has 0 atom stereocenters. The predicted molar refractivity (Wildman–Crippen MR) is 128 cm³/mol. The zero-order chi connectivity index (χ0) is 21.9. The first kappa shape index (κ1) is 19.7. The molecule has 2 amide bonds. The van der Waals surface area contributed by atoms with Crippen LogP contribution in [0.25, 0.3) is 22.4 Å². The molecule has 0 saturated carbocycles. The molecule has 32 heavy (non-hydrogen) atoms. The molecule has 0 saturated heterocycles. The van der Waals surface area contributed by atoms with E-state index < -0.39 is 0 Å². The Labute approximate surface area is 188 Å². The molecule has 0 spiro atoms. The summed E-state index contributed by atoms with van der Waals surface area (Å²) in [5, 5.41) is 7.67. The van der Waals surface area contributed by atoms with Gasteiger partial charge in [-0.25, -0.2) is 4.98 Å². The van der Waals surface area contributed by atoms with Crippen LogP contribution in [0.3, 0.4) is 0 Å². The minimum absolute atomic E-state index is 0.124. The summed E-state index contributed by atoms with van der Waals surface area (Å²) in [5.74, 6) is 0.425. The number of imidazole rings is 1. The van der Waals surface area contributed by atoms with E-state index in [4.69, 9.17) is 0 Å². The van der Waals surface area contributed by atoms with Crippen LogP contribution < -0.4 is 10.6 Å². The fraction of sp³-hybridized carbons (Fsp3) is 0. The highest BCUT2D eigenvalue weighted by Gasteiger charge is 2.10. The van der Waals surface area contributed by atoms with Gasteiger partial charge in [-0.3, -0.25) is 9.59 Å². The van der Waals surface area contributed by atoms with Gasteiger partial charge in [-0.2, -0.15) is 0 Å². The summed E-state index contributed by atoms with van der Waals surface area (Å²) in [6.45, 7) is 0. The van der Waals surface area contributed by atoms with Gasteiger partial charge >= 0.3 is 0 Å². The third kappa shape index (κ3) is 4.14. The van der Waals surface area contributed by atoms with E-state index in [0.717, 1.165) is 16.6 Å². The Bertz CT molecular complexity index is 1390. The molecule has 0 radical (unpaired) electrons. The lowest BCUT2D eigenvalue weighted by Gasteiger charge is -2.05. The number of rotatable bonds is 5.